The minimum atomic E-state index is -0.158. The number of carbonyl (C=O) groups excluding carboxylic acids is 1. The molecule has 0 spiro atoms. The van der Waals surface area contributed by atoms with Crippen molar-refractivity contribution in [3.05, 3.63) is 65.2 Å². The van der Waals surface area contributed by atoms with Crippen LogP contribution in [0.25, 0.3) is 0 Å². The smallest absolute Gasteiger partial charge is 0.310 e. The van der Waals surface area contributed by atoms with E-state index in [1.165, 1.54) is 11.1 Å². The first-order chi connectivity index (χ1) is 10.7. The topological polar surface area (TPSA) is 35.5 Å². The molecule has 2 aromatic rings. The van der Waals surface area contributed by atoms with Gasteiger partial charge in [-0.1, -0.05) is 36.4 Å². The highest BCUT2D eigenvalue weighted by Gasteiger charge is 2.21. The maximum atomic E-state index is 12.1. The molecule has 0 bridgehead atoms. The van der Waals surface area contributed by atoms with E-state index < -0.39 is 0 Å². The molecule has 3 nitrogen and oxygen atoms in total. The van der Waals surface area contributed by atoms with Gasteiger partial charge in [0, 0.05) is 6.42 Å². The molecule has 0 N–H and O–H groups in total. The Balaban J connectivity index is 1.56. The van der Waals surface area contributed by atoms with Crippen LogP contribution in [-0.4, -0.2) is 19.2 Å². The summed E-state index contributed by atoms with van der Waals surface area (Å²) in [6, 6.07) is 15.9. The second-order valence-electron chi connectivity index (χ2n) is 5.65. The van der Waals surface area contributed by atoms with Gasteiger partial charge in [-0.3, -0.25) is 4.79 Å². The first kappa shape index (κ1) is 14.6. The molecule has 1 atom stereocenters. The Bertz CT molecular complexity index is 646. The molecule has 1 aliphatic rings. The molecule has 114 valence electrons. The Kier molecular flexibility index (Phi) is 4.42. The first-order valence-electron chi connectivity index (χ1n) is 7.64. The lowest BCUT2D eigenvalue weighted by atomic mass is 9.90. The number of benzene rings is 2. The summed E-state index contributed by atoms with van der Waals surface area (Å²) in [5, 5.41) is 0. The fourth-order valence-electron chi connectivity index (χ4n) is 2.90. The average Bonchev–Trinajstić information content (AvgIpc) is 2.55. The summed E-state index contributed by atoms with van der Waals surface area (Å²) in [5.74, 6) is 0.635. The number of carbonyl (C=O) groups is 1. The van der Waals surface area contributed by atoms with Crippen LogP contribution in [0.4, 0.5) is 0 Å². The number of fused-ring (bicyclic) bond motifs is 1. The van der Waals surface area contributed by atoms with Gasteiger partial charge in [-0.05, 0) is 41.7 Å². The van der Waals surface area contributed by atoms with Crippen LogP contribution in [0.15, 0.2) is 48.5 Å². The predicted molar refractivity (Wildman–Crippen MR) is 85.0 cm³/mol. The molecule has 0 fully saturated rings. The zero-order valence-electron chi connectivity index (χ0n) is 12.7. The van der Waals surface area contributed by atoms with Crippen LogP contribution in [0.5, 0.6) is 5.75 Å². The molecule has 1 unspecified atom stereocenters. The van der Waals surface area contributed by atoms with E-state index in [1.807, 2.05) is 30.3 Å². The van der Waals surface area contributed by atoms with E-state index in [9.17, 15) is 4.79 Å². The van der Waals surface area contributed by atoms with E-state index in [2.05, 4.69) is 18.2 Å². The second kappa shape index (κ2) is 6.65. The standard InChI is InChI=1S/C19H20O3/c1-21-17-9-6-14(7-10-17)12-19(20)22-18-11-8-15-4-2-3-5-16(15)13-18/h2-7,9-10,18H,8,11-13H2,1H3. The third-order valence-electron chi connectivity index (χ3n) is 4.11. The summed E-state index contributed by atoms with van der Waals surface area (Å²) in [6.45, 7) is 0. The normalized spacial score (nSPS) is 16.7. The van der Waals surface area contributed by atoms with Gasteiger partial charge < -0.3 is 9.47 Å². The van der Waals surface area contributed by atoms with Crippen molar-refractivity contribution in [1.82, 2.24) is 0 Å². The van der Waals surface area contributed by atoms with Crippen LogP contribution in [0.1, 0.15) is 23.1 Å². The second-order valence-corrected chi connectivity index (χ2v) is 5.65. The lowest BCUT2D eigenvalue weighted by Gasteiger charge is -2.24. The van der Waals surface area contributed by atoms with Crippen LogP contribution in [0, 0.1) is 0 Å². The Morgan fingerprint density at radius 3 is 2.55 bits per heavy atom. The minimum Gasteiger partial charge on any atom is -0.497 e. The molecule has 2 aromatic carbocycles. The van der Waals surface area contributed by atoms with Crippen molar-refractivity contribution in [2.24, 2.45) is 0 Å². The highest BCUT2D eigenvalue weighted by atomic mass is 16.5. The van der Waals surface area contributed by atoms with Crippen LogP contribution >= 0.6 is 0 Å². The highest BCUT2D eigenvalue weighted by molar-refractivity contribution is 5.72. The number of methoxy groups -OCH3 is 1. The Morgan fingerprint density at radius 1 is 1.09 bits per heavy atom. The van der Waals surface area contributed by atoms with Crippen molar-refractivity contribution in [2.75, 3.05) is 7.11 Å². The number of rotatable bonds is 4. The summed E-state index contributed by atoms with van der Waals surface area (Å²) in [7, 11) is 1.63. The van der Waals surface area contributed by atoms with Crippen molar-refractivity contribution in [3.63, 3.8) is 0 Å². The highest BCUT2D eigenvalue weighted by Crippen LogP contribution is 2.23. The van der Waals surface area contributed by atoms with Crippen molar-refractivity contribution < 1.29 is 14.3 Å². The molecule has 0 amide bonds. The quantitative estimate of drug-likeness (QED) is 0.812. The van der Waals surface area contributed by atoms with Gasteiger partial charge in [0.15, 0.2) is 0 Å². The zero-order valence-corrected chi connectivity index (χ0v) is 12.7. The first-order valence-corrected chi connectivity index (χ1v) is 7.64. The average molecular weight is 296 g/mol. The molecule has 0 saturated carbocycles. The van der Waals surface area contributed by atoms with Gasteiger partial charge in [-0.2, -0.15) is 0 Å². The van der Waals surface area contributed by atoms with Gasteiger partial charge in [0.1, 0.15) is 11.9 Å². The van der Waals surface area contributed by atoms with Crippen molar-refractivity contribution in [1.29, 1.82) is 0 Å². The number of hydrogen-bond acceptors (Lipinski definition) is 3. The molecule has 0 aromatic heterocycles. The molecule has 0 aliphatic heterocycles. The van der Waals surface area contributed by atoms with Crippen LogP contribution < -0.4 is 4.74 Å². The van der Waals surface area contributed by atoms with Crippen molar-refractivity contribution in [2.45, 2.75) is 31.8 Å². The summed E-state index contributed by atoms with van der Waals surface area (Å²) in [6.07, 6.45) is 3.02. The van der Waals surface area contributed by atoms with E-state index >= 15 is 0 Å². The zero-order chi connectivity index (χ0) is 15.4. The SMILES string of the molecule is COc1ccc(CC(=O)OC2CCc3ccccc3C2)cc1. The fourth-order valence-corrected chi connectivity index (χ4v) is 2.90. The van der Waals surface area contributed by atoms with E-state index in [-0.39, 0.29) is 12.1 Å². The van der Waals surface area contributed by atoms with Crippen molar-refractivity contribution in [3.8, 4) is 5.75 Å². The molecule has 0 radical (unpaired) electrons. The molecule has 0 saturated heterocycles. The summed E-state index contributed by atoms with van der Waals surface area (Å²) >= 11 is 0. The Morgan fingerprint density at radius 2 is 1.82 bits per heavy atom. The van der Waals surface area contributed by atoms with Gasteiger partial charge >= 0.3 is 5.97 Å². The predicted octanol–water partition coefficient (Wildman–Crippen LogP) is 3.34. The molecular weight excluding hydrogens is 276 g/mol. The van der Waals surface area contributed by atoms with E-state index in [4.69, 9.17) is 9.47 Å². The van der Waals surface area contributed by atoms with Crippen LogP contribution in [-0.2, 0) is 28.8 Å². The number of ether oxygens (including phenoxy) is 2. The Hall–Kier alpha value is -2.29. The third kappa shape index (κ3) is 3.48. The van der Waals surface area contributed by atoms with Crippen LogP contribution in [0.3, 0.4) is 0 Å². The van der Waals surface area contributed by atoms with Gasteiger partial charge in [0.25, 0.3) is 0 Å². The lowest BCUT2D eigenvalue weighted by molar-refractivity contribution is -0.148. The minimum absolute atomic E-state index is 0.000600. The molecule has 22 heavy (non-hydrogen) atoms. The van der Waals surface area contributed by atoms with E-state index in [0.717, 1.165) is 30.6 Å². The maximum Gasteiger partial charge on any atom is 0.310 e. The molecule has 0 heterocycles. The van der Waals surface area contributed by atoms with Gasteiger partial charge in [0.2, 0.25) is 0 Å². The maximum absolute atomic E-state index is 12.1. The molecule has 3 heteroatoms. The molecular formula is C19H20O3. The lowest BCUT2D eigenvalue weighted by Crippen LogP contribution is -2.26. The largest absolute Gasteiger partial charge is 0.497 e. The summed E-state index contributed by atoms with van der Waals surface area (Å²) in [5.41, 5.74) is 3.63. The summed E-state index contributed by atoms with van der Waals surface area (Å²) < 4.78 is 10.8. The van der Waals surface area contributed by atoms with Gasteiger partial charge in [-0.25, -0.2) is 0 Å². The number of hydrogen-bond donors (Lipinski definition) is 0. The van der Waals surface area contributed by atoms with E-state index in [0.29, 0.717) is 6.42 Å². The van der Waals surface area contributed by atoms with Gasteiger partial charge in [-0.15, -0.1) is 0 Å². The van der Waals surface area contributed by atoms with Crippen molar-refractivity contribution >= 4 is 5.97 Å². The monoisotopic (exact) mass is 296 g/mol. The number of esters is 1. The Labute approximate surface area is 130 Å². The fraction of sp³-hybridized carbons (Fsp3) is 0.316. The van der Waals surface area contributed by atoms with Crippen LogP contribution in [0.2, 0.25) is 0 Å². The molecule has 3 rings (SSSR count). The third-order valence-corrected chi connectivity index (χ3v) is 4.11. The number of aryl methyl sites for hydroxylation is 1. The van der Waals surface area contributed by atoms with E-state index in [1.54, 1.807) is 7.11 Å². The summed E-state index contributed by atoms with van der Waals surface area (Å²) in [4.78, 5) is 12.1. The molecule has 1 aliphatic carbocycles. The van der Waals surface area contributed by atoms with Gasteiger partial charge in [0.05, 0.1) is 13.5 Å².